The smallest absolute Gasteiger partial charge is 0.223 e. The fourth-order valence-electron chi connectivity index (χ4n) is 3.19. The van der Waals surface area contributed by atoms with Crippen LogP contribution in [0.15, 0.2) is 11.4 Å². The van der Waals surface area contributed by atoms with Gasteiger partial charge in [-0.1, -0.05) is 0 Å². The average Bonchev–Trinajstić information content (AvgIpc) is 3.00. The van der Waals surface area contributed by atoms with E-state index in [1.807, 2.05) is 9.80 Å². The Hall–Kier alpha value is -1.40. The molecule has 0 radical (unpaired) electrons. The minimum Gasteiger partial charge on any atom is -0.338 e. The Morgan fingerprint density at radius 3 is 2.95 bits per heavy atom. The summed E-state index contributed by atoms with van der Waals surface area (Å²) in [5.74, 6) is 0.212. The van der Waals surface area contributed by atoms with Crippen LogP contribution in [0.2, 0.25) is 0 Å². The van der Waals surface area contributed by atoms with Crippen LogP contribution in [0.3, 0.4) is 0 Å². The van der Waals surface area contributed by atoms with E-state index in [1.54, 1.807) is 11.3 Å². The van der Waals surface area contributed by atoms with Crippen molar-refractivity contribution in [3.05, 3.63) is 21.9 Å². The first-order chi connectivity index (χ1) is 10.6. The van der Waals surface area contributed by atoms with Gasteiger partial charge in [-0.05, 0) is 30.4 Å². The number of thiophene rings is 1. The van der Waals surface area contributed by atoms with Crippen molar-refractivity contribution in [2.75, 3.05) is 26.2 Å². The van der Waals surface area contributed by atoms with Crippen molar-refractivity contribution in [3.8, 4) is 0 Å². The van der Waals surface area contributed by atoms with E-state index in [-0.39, 0.29) is 17.9 Å². The maximum atomic E-state index is 12.3. The van der Waals surface area contributed by atoms with Gasteiger partial charge in [0.05, 0.1) is 0 Å². The lowest BCUT2D eigenvalue weighted by Gasteiger charge is -2.34. The molecule has 0 spiro atoms. The molecule has 5 nitrogen and oxygen atoms in total. The molecule has 1 atom stereocenters. The predicted octanol–water partition coefficient (Wildman–Crippen LogP) is 1.23. The van der Waals surface area contributed by atoms with Gasteiger partial charge in [-0.15, -0.1) is 11.3 Å². The van der Waals surface area contributed by atoms with Gasteiger partial charge >= 0.3 is 0 Å². The number of fused-ring (bicyclic) bond motifs is 1. The van der Waals surface area contributed by atoms with Crippen molar-refractivity contribution >= 4 is 23.2 Å². The van der Waals surface area contributed by atoms with Crippen LogP contribution < -0.4 is 5.32 Å². The van der Waals surface area contributed by atoms with Crippen molar-refractivity contribution in [2.24, 2.45) is 0 Å². The largest absolute Gasteiger partial charge is 0.338 e. The summed E-state index contributed by atoms with van der Waals surface area (Å²) in [7, 11) is 0. The van der Waals surface area contributed by atoms with Gasteiger partial charge in [0.25, 0.3) is 0 Å². The van der Waals surface area contributed by atoms with E-state index in [4.69, 9.17) is 0 Å². The summed E-state index contributed by atoms with van der Waals surface area (Å²) in [6.07, 6.45) is 1.60. The third-order valence-electron chi connectivity index (χ3n) is 4.53. The zero-order chi connectivity index (χ0) is 15.5. The first-order valence-corrected chi connectivity index (χ1v) is 8.86. The molecule has 0 bridgehead atoms. The number of carbonyl (C=O) groups excluding carboxylic acids is 2. The number of rotatable bonds is 3. The maximum absolute atomic E-state index is 12.3. The minimum absolute atomic E-state index is 0.105. The van der Waals surface area contributed by atoms with Crippen molar-refractivity contribution in [1.82, 2.24) is 15.1 Å². The molecular formula is C16H23N3O2S. The van der Waals surface area contributed by atoms with Gasteiger partial charge in [0, 0.05) is 56.5 Å². The second-order valence-corrected chi connectivity index (χ2v) is 7.08. The highest BCUT2D eigenvalue weighted by atomic mass is 32.1. The van der Waals surface area contributed by atoms with E-state index in [2.05, 4.69) is 23.7 Å². The average molecular weight is 321 g/mol. The molecule has 0 aromatic carbocycles. The Labute approximate surface area is 135 Å². The summed E-state index contributed by atoms with van der Waals surface area (Å²) in [6, 6.07) is 2.33. The Balaban J connectivity index is 1.49. The van der Waals surface area contributed by atoms with Gasteiger partial charge in [-0.25, -0.2) is 0 Å². The van der Waals surface area contributed by atoms with Crippen LogP contribution in [0.5, 0.6) is 0 Å². The number of nitrogens with zero attached hydrogens (tertiary/aromatic N) is 2. The summed E-state index contributed by atoms with van der Waals surface area (Å²) in [4.78, 5) is 29.8. The lowest BCUT2D eigenvalue weighted by atomic mass is 10.1. The lowest BCUT2D eigenvalue weighted by Crippen LogP contribution is -2.52. The maximum Gasteiger partial charge on any atom is 0.223 e. The van der Waals surface area contributed by atoms with Gasteiger partial charge in [0.2, 0.25) is 11.8 Å². The second kappa shape index (κ2) is 6.79. The number of hydrogen-bond donors (Lipinski definition) is 1. The minimum atomic E-state index is 0.105. The lowest BCUT2D eigenvalue weighted by molar-refractivity contribution is -0.139. The van der Waals surface area contributed by atoms with Gasteiger partial charge in [0.15, 0.2) is 0 Å². The number of carbonyl (C=O) groups is 2. The quantitative estimate of drug-likeness (QED) is 0.911. The molecule has 1 unspecified atom stereocenters. The first kappa shape index (κ1) is 15.5. The third-order valence-corrected chi connectivity index (χ3v) is 5.56. The molecule has 0 aliphatic carbocycles. The van der Waals surface area contributed by atoms with Crippen molar-refractivity contribution < 1.29 is 9.59 Å². The molecule has 3 heterocycles. The molecule has 22 heavy (non-hydrogen) atoms. The standard InChI is InChI=1S/C16H23N3O2S/c1-12-10-17-6-8-19(12)16(21)3-2-15(20)18-7-4-14-13(11-18)5-9-22-14/h5,9,12,17H,2-4,6-8,10-11H2,1H3. The van der Waals surface area contributed by atoms with E-state index in [0.717, 1.165) is 32.6 Å². The summed E-state index contributed by atoms with van der Waals surface area (Å²) in [5, 5.41) is 5.37. The van der Waals surface area contributed by atoms with E-state index >= 15 is 0 Å². The topological polar surface area (TPSA) is 52.7 Å². The number of piperazine rings is 1. The van der Waals surface area contributed by atoms with Crippen molar-refractivity contribution in [2.45, 2.75) is 38.8 Å². The normalized spacial score (nSPS) is 21.6. The zero-order valence-corrected chi connectivity index (χ0v) is 13.8. The molecule has 1 aromatic heterocycles. The van der Waals surface area contributed by atoms with Crippen molar-refractivity contribution in [3.63, 3.8) is 0 Å². The molecule has 1 N–H and O–H groups in total. The van der Waals surface area contributed by atoms with Gasteiger partial charge in [-0.2, -0.15) is 0 Å². The predicted molar refractivity (Wildman–Crippen MR) is 86.7 cm³/mol. The van der Waals surface area contributed by atoms with Crippen LogP contribution in [0.25, 0.3) is 0 Å². The van der Waals surface area contributed by atoms with Crippen LogP contribution in [0.1, 0.15) is 30.2 Å². The molecule has 2 aliphatic rings. The zero-order valence-electron chi connectivity index (χ0n) is 13.0. The van der Waals surface area contributed by atoms with E-state index < -0.39 is 0 Å². The summed E-state index contributed by atoms with van der Waals surface area (Å²) in [5.41, 5.74) is 1.27. The molecule has 0 saturated carbocycles. The monoisotopic (exact) mass is 321 g/mol. The highest BCUT2D eigenvalue weighted by Gasteiger charge is 2.25. The fraction of sp³-hybridized carbons (Fsp3) is 0.625. The molecule has 1 fully saturated rings. The van der Waals surface area contributed by atoms with Crippen LogP contribution in [0.4, 0.5) is 0 Å². The Bertz CT molecular complexity index is 557. The van der Waals surface area contributed by atoms with E-state index in [9.17, 15) is 9.59 Å². The van der Waals surface area contributed by atoms with Crippen molar-refractivity contribution in [1.29, 1.82) is 0 Å². The Kier molecular flexibility index (Phi) is 4.78. The first-order valence-electron chi connectivity index (χ1n) is 7.98. The molecule has 120 valence electrons. The van der Waals surface area contributed by atoms with Gasteiger partial charge in [0.1, 0.15) is 0 Å². The van der Waals surface area contributed by atoms with E-state index in [0.29, 0.717) is 19.4 Å². The molecule has 3 rings (SSSR count). The van der Waals surface area contributed by atoms with E-state index in [1.165, 1.54) is 10.4 Å². The molecular weight excluding hydrogens is 298 g/mol. The molecule has 6 heteroatoms. The molecule has 2 aliphatic heterocycles. The SMILES string of the molecule is CC1CNCCN1C(=O)CCC(=O)N1CCc2sccc2C1. The highest BCUT2D eigenvalue weighted by Crippen LogP contribution is 2.24. The summed E-state index contributed by atoms with van der Waals surface area (Å²) < 4.78 is 0. The summed E-state index contributed by atoms with van der Waals surface area (Å²) >= 11 is 1.77. The van der Waals surface area contributed by atoms with Gasteiger partial charge < -0.3 is 15.1 Å². The molecule has 2 amide bonds. The molecule has 1 aromatic rings. The fourth-order valence-corrected chi connectivity index (χ4v) is 4.08. The Morgan fingerprint density at radius 1 is 1.32 bits per heavy atom. The highest BCUT2D eigenvalue weighted by molar-refractivity contribution is 7.10. The Morgan fingerprint density at radius 2 is 2.14 bits per heavy atom. The second-order valence-electron chi connectivity index (χ2n) is 6.07. The van der Waals surface area contributed by atoms with Gasteiger partial charge in [-0.3, -0.25) is 9.59 Å². The number of nitrogens with one attached hydrogen (secondary N) is 1. The number of amides is 2. The molecule has 1 saturated heterocycles. The van der Waals surface area contributed by atoms with Crippen LogP contribution in [-0.2, 0) is 22.6 Å². The summed E-state index contributed by atoms with van der Waals surface area (Å²) in [6.45, 7) is 5.97. The third kappa shape index (κ3) is 3.33. The number of hydrogen-bond acceptors (Lipinski definition) is 4. The van der Waals surface area contributed by atoms with Crippen LogP contribution in [0, 0.1) is 0 Å². The van der Waals surface area contributed by atoms with Crippen LogP contribution in [-0.4, -0.2) is 53.8 Å². The van der Waals surface area contributed by atoms with Crippen LogP contribution >= 0.6 is 11.3 Å².